The van der Waals surface area contributed by atoms with E-state index in [2.05, 4.69) is 5.32 Å². The quantitative estimate of drug-likeness (QED) is 0.842. The first kappa shape index (κ1) is 18.7. The number of aryl methyl sites for hydroxylation is 1. The third kappa shape index (κ3) is 4.55. The van der Waals surface area contributed by atoms with E-state index >= 15 is 0 Å². The Balaban J connectivity index is 1.67. The highest BCUT2D eigenvalue weighted by molar-refractivity contribution is 6.04. The van der Waals surface area contributed by atoms with Crippen LogP contribution in [0.25, 0.3) is 0 Å². The molecular weight excluding hydrogens is 348 g/mol. The van der Waals surface area contributed by atoms with Gasteiger partial charge in [-0.3, -0.25) is 14.4 Å². The zero-order valence-corrected chi connectivity index (χ0v) is 15.1. The molecule has 0 saturated carbocycles. The summed E-state index contributed by atoms with van der Waals surface area (Å²) in [5, 5.41) is 11.7. The second kappa shape index (κ2) is 8.07. The second-order valence-electron chi connectivity index (χ2n) is 6.79. The molecule has 1 saturated heterocycles. The fourth-order valence-corrected chi connectivity index (χ4v) is 3.25. The Morgan fingerprint density at radius 1 is 1.22 bits per heavy atom. The minimum atomic E-state index is -0.796. The Kier molecular flexibility index (Phi) is 5.59. The van der Waals surface area contributed by atoms with Crippen LogP contribution in [0.2, 0.25) is 0 Å². The Labute approximate surface area is 157 Å². The summed E-state index contributed by atoms with van der Waals surface area (Å²) in [5.41, 5.74) is 1.89. The fourth-order valence-electron chi connectivity index (χ4n) is 3.25. The number of carbonyl (C=O) groups is 3. The van der Waals surface area contributed by atoms with Crippen LogP contribution in [-0.2, 0) is 4.79 Å². The molecule has 27 heavy (non-hydrogen) atoms. The molecule has 0 aliphatic carbocycles. The highest BCUT2D eigenvalue weighted by Crippen LogP contribution is 2.24. The molecule has 1 aromatic heterocycles. The number of nitrogens with one attached hydrogen (secondary N) is 1. The van der Waals surface area contributed by atoms with E-state index < -0.39 is 5.97 Å². The molecule has 142 valence electrons. The van der Waals surface area contributed by atoms with Crippen LogP contribution in [0.4, 0.5) is 5.69 Å². The third-order valence-corrected chi connectivity index (χ3v) is 4.84. The van der Waals surface area contributed by atoms with E-state index in [1.54, 1.807) is 35.2 Å². The van der Waals surface area contributed by atoms with Gasteiger partial charge in [0, 0.05) is 30.8 Å². The number of rotatable bonds is 5. The van der Waals surface area contributed by atoms with E-state index in [0.29, 0.717) is 37.2 Å². The lowest BCUT2D eigenvalue weighted by Crippen LogP contribution is -2.39. The lowest BCUT2D eigenvalue weighted by Gasteiger charge is -2.31. The van der Waals surface area contributed by atoms with Gasteiger partial charge in [0.05, 0.1) is 6.26 Å². The first-order valence-corrected chi connectivity index (χ1v) is 8.90. The fraction of sp³-hybridized carbons (Fsp3) is 0.350. The lowest BCUT2D eigenvalue weighted by atomic mass is 9.93. The Bertz CT molecular complexity index is 836. The van der Waals surface area contributed by atoms with Crippen LogP contribution in [0.3, 0.4) is 0 Å². The van der Waals surface area contributed by atoms with Crippen LogP contribution in [0.15, 0.2) is 41.0 Å². The van der Waals surface area contributed by atoms with Crippen molar-refractivity contribution in [1.29, 1.82) is 0 Å². The number of carbonyl (C=O) groups excluding carboxylic acids is 2. The molecule has 3 rings (SSSR count). The van der Waals surface area contributed by atoms with Crippen molar-refractivity contribution >= 4 is 23.5 Å². The highest BCUT2D eigenvalue weighted by Gasteiger charge is 2.25. The Hall–Kier alpha value is -3.09. The van der Waals surface area contributed by atoms with Crippen LogP contribution in [0.1, 0.15) is 45.7 Å². The van der Waals surface area contributed by atoms with E-state index in [1.807, 2.05) is 6.92 Å². The predicted octanol–water partition coefficient (Wildman–Crippen LogP) is 3.17. The van der Waals surface area contributed by atoms with Gasteiger partial charge in [0.2, 0.25) is 0 Å². The number of carboxylic acid groups (broad SMARTS) is 1. The topological polar surface area (TPSA) is 99.9 Å². The summed E-state index contributed by atoms with van der Waals surface area (Å²) in [6, 6.07) is 8.41. The smallest absolute Gasteiger partial charge is 0.303 e. The summed E-state index contributed by atoms with van der Waals surface area (Å²) in [5.74, 6) is -0.964. The van der Waals surface area contributed by atoms with Crippen LogP contribution in [0, 0.1) is 12.8 Å². The van der Waals surface area contributed by atoms with Crippen molar-refractivity contribution in [3.63, 3.8) is 0 Å². The molecule has 2 N–H and O–H groups in total. The van der Waals surface area contributed by atoms with E-state index in [9.17, 15) is 14.4 Å². The number of nitrogens with zero attached hydrogens (tertiary/aromatic N) is 1. The molecule has 0 atom stereocenters. The maximum absolute atomic E-state index is 12.8. The predicted molar refractivity (Wildman–Crippen MR) is 98.7 cm³/mol. The molecule has 0 radical (unpaired) electrons. The van der Waals surface area contributed by atoms with Gasteiger partial charge in [-0.25, -0.2) is 0 Å². The van der Waals surface area contributed by atoms with Crippen molar-refractivity contribution in [2.24, 2.45) is 5.92 Å². The summed E-state index contributed by atoms with van der Waals surface area (Å²) in [6.45, 7) is 2.93. The van der Waals surface area contributed by atoms with Crippen molar-refractivity contribution in [3.8, 4) is 0 Å². The van der Waals surface area contributed by atoms with E-state index in [1.165, 1.54) is 6.26 Å². The number of piperidine rings is 1. The molecule has 1 aliphatic rings. The van der Waals surface area contributed by atoms with Crippen LogP contribution < -0.4 is 5.32 Å². The molecule has 2 amide bonds. The molecule has 7 heteroatoms. The molecular formula is C20H22N2O5. The number of amides is 2. The van der Waals surface area contributed by atoms with Crippen LogP contribution in [-0.4, -0.2) is 40.9 Å². The molecule has 0 spiro atoms. The third-order valence-electron chi connectivity index (χ3n) is 4.84. The second-order valence-corrected chi connectivity index (χ2v) is 6.79. The van der Waals surface area contributed by atoms with Gasteiger partial charge in [0.25, 0.3) is 11.8 Å². The van der Waals surface area contributed by atoms with Crippen molar-refractivity contribution in [1.82, 2.24) is 4.90 Å². The molecule has 1 fully saturated rings. The molecule has 7 nitrogen and oxygen atoms in total. The van der Waals surface area contributed by atoms with Gasteiger partial charge in [0.1, 0.15) is 0 Å². The van der Waals surface area contributed by atoms with Gasteiger partial charge in [-0.1, -0.05) is 6.07 Å². The highest BCUT2D eigenvalue weighted by atomic mass is 16.4. The molecule has 1 aromatic carbocycles. The number of benzene rings is 1. The average Bonchev–Trinajstić information content (AvgIpc) is 3.18. The van der Waals surface area contributed by atoms with Gasteiger partial charge < -0.3 is 19.7 Å². The maximum Gasteiger partial charge on any atom is 0.303 e. The van der Waals surface area contributed by atoms with E-state index in [0.717, 1.165) is 5.56 Å². The number of furan rings is 1. The molecule has 2 aromatic rings. The van der Waals surface area contributed by atoms with Crippen molar-refractivity contribution in [2.75, 3.05) is 18.4 Å². The van der Waals surface area contributed by atoms with Gasteiger partial charge >= 0.3 is 5.97 Å². The SMILES string of the molecule is Cc1ccc(C(=O)N2CCC(CC(=O)O)CC2)cc1NC(=O)c1ccco1. The first-order valence-electron chi connectivity index (χ1n) is 8.90. The van der Waals surface area contributed by atoms with Gasteiger partial charge in [0.15, 0.2) is 5.76 Å². The standard InChI is InChI=1S/C20H22N2O5/c1-13-4-5-15(12-16(13)21-19(25)17-3-2-10-27-17)20(26)22-8-6-14(7-9-22)11-18(23)24/h2-5,10,12,14H,6-9,11H2,1H3,(H,21,25)(H,23,24). The minimum Gasteiger partial charge on any atom is -0.481 e. The van der Waals surface area contributed by atoms with Crippen molar-refractivity contribution < 1.29 is 23.9 Å². The minimum absolute atomic E-state index is 0.114. The monoisotopic (exact) mass is 370 g/mol. The Morgan fingerprint density at radius 3 is 2.59 bits per heavy atom. The molecule has 0 unspecified atom stereocenters. The molecule has 0 bridgehead atoms. The zero-order chi connectivity index (χ0) is 19.4. The maximum atomic E-state index is 12.8. The first-order chi connectivity index (χ1) is 12.9. The average molecular weight is 370 g/mol. The van der Waals surface area contributed by atoms with Crippen molar-refractivity contribution in [3.05, 3.63) is 53.5 Å². The van der Waals surface area contributed by atoms with Crippen LogP contribution >= 0.6 is 0 Å². The van der Waals surface area contributed by atoms with Crippen LogP contribution in [0.5, 0.6) is 0 Å². The zero-order valence-electron chi connectivity index (χ0n) is 15.1. The summed E-state index contributed by atoms with van der Waals surface area (Å²) in [7, 11) is 0. The summed E-state index contributed by atoms with van der Waals surface area (Å²) >= 11 is 0. The summed E-state index contributed by atoms with van der Waals surface area (Å²) in [6.07, 6.45) is 2.95. The van der Waals surface area contributed by atoms with Gasteiger partial charge in [-0.05, 0) is 55.5 Å². The van der Waals surface area contributed by atoms with Gasteiger partial charge in [-0.15, -0.1) is 0 Å². The van der Waals surface area contributed by atoms with E-state index in [4.69, 9.17) is 9.52 Å². The number of hydrogen-bond donors (Lipinski definition) is 2. The van der Waals surface area contributed by atoms with E-state index in [-0.39, 0.29) is 29.9 Å². The number of carboxylic acids is 1. The summed E-state index contributed by atoms with van der Waals surface area (Å²) in [4.78, 5) is 37.5. The van der Waals surface area contributed by atoms with Gasteiger partial charge in [-0.2, -0.15) is 0 Å². The molecule has 1 aliphatic heterocycles. The van der Waals surface area contributed by atoms with Crippen molar-refractivity contribution in [2.45, 2.75) is 26.2 Å². The normalized spacial score (nSPS) is 14.8. The Morgan fingerprint density at radius 2 is 1.96 bits per heavy atom. The number of aliphatic carboxylic acids is 1. The largest absolute Gasteiger partial charge is 0.481 e. The lowest BCUT2D eigenvalue weighted by molar-refractivity contribution is -0.138. The molecule has 2 heterocycles. The number of hydrogen-bond acceptors (Lipinski definition) is 4. The number of anilines is 1. The summed E-state index contributed by atoms with van der Waals surface area (Å²) < 4.78 is 5.09. The number of likely N-dealkylation sites (tertiary alicyclic amines) is 1.